The van der Waals surface area contributed by atoms with Crippen molar-refractivity contribution in [2.24, 2.45) is 11.1 Å². The lowest BCUT2D eigenvalue weighted by atomic mass is 9.82. The number of halogens is 2. The van der Waals surface area contributed by atoms with Crippen LogP contribution in [0.5, 0.6) is 0 Å². The first-order chi connectivity index (χ1) is 29.9. The molecule has 1 aliphatic heterocycles. The summed E-state index contributed by atoms with van der Waals surface area (Å²) in [6.45, 7) is 11.0. The minimum atomic E-state index is -1.58. The Morgan fingerprint density at radius 1 is 0.828 bits per heavy atom. The summed E-state index contributed by atoms with van der Waals surface area (Å²) in [4.78, 5) is 105. The zero-order valence-corrected chi connectivity index (χ0v) is 37.0. The number of rotatable bonds is 19. The van der Waals surface area contributed by atoms with E-state index in [1.165, 1.54) is 11.8 Å². The molecule has 0 radical (unpaired) electrons. The van der Waals surface area contributed by atoms with Crippen molar-refractivity contribution in [1.29, 1.82) is 0 Å². The van der Waals surface area contributed by atoms with Gasteiger partial charge in [-0.1, -0.05) is 51.1 Å². The smallest absolute Gasteiger partial charge is 0.408 e. The van der Waals surface area contributed by atoms with Gasteiger partial charge in [0.25, 0.3) is 11.8 Å². The van der Waals surface area contributed by atoms with Gasteiger partial charge in [-0.3, -0.25) is 38.5 Å². The van der Waals surface area contributed by atoms with Crippen molar-refractivity contribution in [1.82, 2.24) is 35.6 Å². The number of imide groups is 1. The van der Waals surface area contributed by atoms with E-state index in [0.717, 1.165) is 40.8 Å². The van der Waals surface area contributed by atoms with Gasteiger partial charge in [-0.25, -0.2) is 13.6 Å². The molecule has 3 atom stereocenters. The van der Waals surface area contributed by atoms with Gasteiger partial charge in [-0.2, -0.15) is 0 Å². The third-order valence-electron chi connectivity index (χ3n) is 9.83. The number of benzene rings is 2. The van der Waals surface area contributed by atoms with Crippen LogP contribution >= 0.6 is 0 Å². The molecule has 17 nitrogen and oxygen atoms in total. The zero-order chi connectivity index (χ0) is 47.5. The number of hydrogen-bond donors (Lipinski definition) is 5. The van der Waals surface area contributed by atoms with E-state index in [-0.39, 0.29) is 38.2 Å². The Balaban J connectivity index is 1.66. The average molecular weight is 891 g/mol. The molecule has 344 valence electrons. The Hall–Kier alpha value is -6.92. The van der Waals surface area contributed by atoms with Crippen molar-refractivity contribution < 1.29 is 51.9 Å². The van der Waals surface area contributed by atoms with Gasteiger partial charge in [0.05, 0.1) is 12.5 Å². The monoisotopic (exact) mass is 890 g/mol. The highest BCUT2D eigenvalue weighted by Crippen LogP contribution is 2.41. The number of carbonyl (C=O) groups is 8. The summed E-state index contributed by atoms with van der Waals surface area (Å²) >= 11 is 0. The van der Waals surface area contributed by atoms with Gasteiger partial charge >= 0.3 is 6.09 Å². The van der Waals surface area contributed by atoms with E-state index in [0.29, 0.717) is 11.3 Å². The predicted molar refractivity (Wildman–Crippen MR) is 230 cm³/mol. The number of nitrogens with one attached hydrogen (secondary N) is 4. The minimum Gasteiger partial charge on any atom is -0.444 e. The Bertz CT molecular complexity index is 2250. The summed E-state index contributed by atoms with van der Waals surface area (Å²) in [5.41, 5.74) is 5.50. The Labute approximate surface area is 370 Å². The van der Waals surface area contributed by atoms with Crippen LogP contribution in [0.25, 0.3) is 11.1 Å². The number of aromatic nitrogens is 1. The van der Waals surface area contributed by atoms with Gasteiger partial charge in [0.15, 0.2) is 0 Å². The summed E-state index contributed by atoms with van der Waals surface area (Å²) in [7, 11) is 0. The number of alkyl carbamates (subject to hydrolysis) is 1. The standard InChI is InChI=1S/C45H56F2N8O9/c1-27(56)54(40(44(2,3)4)35-21-29(31-22-30(46)13-14-32(31)47)25-53(35)24-28-11-9-8-10-12-28)20-17-33(51-42(62)34(23-36(48)57)52-43(63)64-45(5,6)7)41(61)50-19-18-49-37(58)26-55-38(59)15-16-39(55)60/h8-16,21-22,25,33-34,40H,17-20,23-24,26H2,1-7H3,(H2,48,57)(H,49,58)(H,50,61)(H,51,62)(H,52,63). The van der Waals surface area contributed by atoms with Crippen LogP contribution in [-0.2, 0) is 44.8 Å². The van der Waals surface area contributed by atoms with Crippen LogP contribution in [0.2, 0.25) is 0 Å². The second-order valence-electron chi connectivity index (χ2n) is 17.3. The van der Waals surface area contributed by atoms with Gasteiger partial charge in [0, 0.05) is 68.3 Å². The number of nitrogens with two attached hydrogens (primary N) is 1. The summed E-state index contributed by atoms with van der Waals surface area (Å²) in [5.74, 6) is -6.43. The van der Waals surface area contributed by atoms with Crippen LogP contribution in [-0.4, -0.2) is 106 Å². The Morgan fingerprint density at radius 3 is 2.06 bits per heavy atom. The minimum absolute atomic E-state index is 0.00581. The molecule has 1 aliphatic rings. The quantitative estimate of drug-likeness (QED) is 0.0878. The molecule has 6 N–H and O–H groups in total. The molecule has 3 aromatic rings. The fourth-order valence-electron chi connectivity index (χ4n) is 7.05. The molecule has 0 aliphatic carbocycles. The maximum atomic E-state index is 15.2. The van der Waals surface area contributed by atoms with Crippen molar-refractivity contribution in [2.45, 2.75) is 91.6 Å². The molecule has 64 heavy (non-hydrogen) atoms. The lowest BCUT2D eigenvalue weighted by Crippen LogP contribution is -2.56. The molecule has 1 aromatic heterocycles. The van der Waals surface area contributed by atoms with Crippen molar-refractivity contribution in [2.75, 3.05) is 26.2 Å². The maximum absolute atomic E-state index is 15.2. The van der Waals surface area contributed by atoms with E-state index >= 15 is 4.39 Å². The maximum Gasteiger partial charge on any atom is 0.408 e. The van der Waals surface area contributed by atoms with Gasteiger partial charge in [0.2, 0.25) is 29.5 Å². The van der Waals surface area contributed by atoms with E-state index in [2.05, 4.69) is 21.3 Å². The first kappa shape index (κ1) is 49.7. The van der Waals surface area contributed by atoms with Gasteiger partial charge in [0.1, 0.15) is 35.9 Å². The number of ether oxygens (including phenoxy) is 1. The van der Waals surface area contributed by atoms with Crippen LogP contribution in [0.4, 0.5) is 13.6 Å². The van der Waals surface area contributed by atoms with E-state index in [1.54, 1.807) is 33.0 Å². The third kappa shape index (κ3) is 14.3. The zero-order valence-electron chi connectivity index (χ0n) is 37.0. The molecule has 0 spiro atoms. The topological polar surface area (TPSA) is 231 Å². The van der Waals surface area contributed by atoms with Crippen LogP contribution in [0.3, 0.4) is 0 Å². The summed E-state index contributed by atoms with van der Waals surface area (Å²) in [6, 6.07) is 10.4. The fraction of sp³-hybridized carbons (Fsp3) is 0.422. The highest BCUT2D eigenvalue weighted by Gasteiger charge is 2.38. The lowest BCUT2D eigenvalue weighted by molar-refractivity contribution is -0.141. The lowest BCUT2D eigenvalue weighted by Gasteiger charge is -2.41. The largest absolute Gasteiger partial charge is 0.444 e. The molecule has 2 heterocycles. The molecule has 2 aromatic carbocycles. The van der Waals surface area contributed by atoms with Crippen molar-refractivity contribution >= 4 is 47.4 Å². The van der Waals surface area contributed by atoms with Gasteiger partial charge < -0.3 is 41.2 Å². The summed E-state index contributed by atoms with van der Waals surface area (Å²) < 4.78 is 36.8. The first-order valence-corrected chi connectivity index (χ1v) is 20.6. The number of primary amides is 1. The highest BCUT2D eigenvalue weighted by atomic mass is 19.1. The SMILES string of the molecule is CC(=O)N(CCC(NC(=O)C(CC(N)=O)NC(=O)OC(C)(C)C)C(=O)NCCNC(=O)CN1C(=O)C=CC1=O)C(c1cc(-c2cc(F)ccc2F)cn1Cc1ccccc1)C(C)(C)C. The second-order valence-corrected chi connectivity index (χ2v) is 17.3. The summed E-state index contributed by atoms with van der Waals surface area (Å²) in [5, 5.41) is 9.99. The normalized spacial score (nSPS) is 14.0. The number of nitrogens with zero attached hydrogens (tertiary/aromatic N) is 3. The molecular weight excluding hydrogens is 835 g/mol. The van der Waals surface area contributed by atoms with Crippen molar-refractivity contribution in [3.8, 4) is 11.1 Å². The molecule has 0 saturated heterocycles. The van der Waals surface area contributed by atoms with E-state index in [4.69, 9.17) is 10.5 Å². The van der Waals surface area contributed by atoms with E-state index < -0.39 is 101 Å². The molecule has 0 saturated carbocycles. The number of carbonyl (C=O) groups excluding carboxylic acids is 8. The third-order valence-corrected chi connectivity index (χ3v) is 9.83. The van der Waals surface area contributed by atoms with Crippen LogP contribution < -0.4 is 27.0 Å². The summed E-state index contributed by atoms with van der Waals surface area (Å²) in [6.07, 6.45) is 1.81. The molecule has 4 rings (SSSR count). The molecule has 0 fully saturated rings. The molecule has 8 amide bonds. The van der Waals surface area contributed by atoms with Crippen LogP contribution in [0.1, 0.15) is 78.6 Å². The Kier molecular flexibility index (Phi) is 16.7. The first-order valence-electron chi connectivity index (χ1n) is 20.6. The molecule has 3 unspecified atom stereocenters. The fourth-order valence-corrected chi connectivity index (χ4v) is 7.05. The van der Waals surface area contributed by atoms with Gasteiger partial charge in [-0.15, -0.1) is 0 Å². The molecule has 0 bridgehead atoms. The van der Waals surface area contributed by atoms with Crippen LogP contribution in [0, 0.1) is 17.0 Å². The van der Waals surface area contributed by atoms with E-state index in [9.17, 15) is 42.7 Å². The Morgan fingerprint density at radius 2 is 1.47 bits per heavy atom. The predicted octanol–water partition coefficient (Wildman–Crippen LogP) is 3.22. The molecule has 19 heteroatoms. The number of hydrogen-bond acceptors (Lipinski definition) is 9. The highest BCUT2D eigenvalue weighted by molar-refractivity contribution is 6.14. The number of amides is 8. The van der Waals surface area contributed by atoms with Gasteiger partial charge in [-0.05, 0) is 62.4 Å². The van der Waals surface area contributed by atoms with Crippen molar-refractivity contribution in [3.63, 3.8) is 0 Å². The second kappa shape index (κ2) is 21.4. The molecular formula is C45H56F2N8O9. The van der Waals surface area contributed by atoms with Crippen LogP contribution in [0.15, 0.2) is 72.9 Å². The average Bonchev–Trinajstić information content (AvgIpc) is 3.74. The van der Waals surface area contributed by atoms with E-state index in [1.807, 2.05) is 55.7 Å². The van der Waals surface area contributed by atoms with Crippen molar-refractivity contribution in [3.05, 3.63) is 95.8 Å².